The van der Waals surface area contributed by atoms with Gasteiger partial charge in [-0.25, -0.2) is 4.68 Å². The maximum absolute atomic E-state index is 11.9. The molecule has 1 amide bonds. The fourth-order valence-corrected chi connectivity index (χ4v) is 2.76. The molecule has 1 aromatic carbocycles. The molecule has 0 unspecified atom stereocenters. The number of carbonyl (C=O) groups excluding carboxylic acids is 1. The van der Waals surface area contributed by atoms with E-state index in [0.29, 0.717) is 10.9 Å². The summed E-state index contributed by atoms with van der Waals surface area (Å²) in [4.78, 5) is 11.9. The summed E-state index contributed by atoms with van der Waals surface area (Å²) >= 11 is 1.38. The van der Waals surface area contributed by atoms with Gasteiger partial charge in [0.25, 0.3) is 5.91 Å². The fraction of sp³-hybridized carbons (Fsp3) is 0.286. The summed E-state index contributed by atoms with van der Waals surface area (Å²) in [6.45, 7) is 1.96. The SMILES string of the molecule is CCCc1nnc(NC(=O)COc2ccc(-n3cnnn3)cc2)s1. The first kappa shape index (κ1) is 16.0. The molecule has 0 radical (unpaired) electrons. The molecule has 0 bridgehead atoms. The highest BCUT2D eigenvalue weighted by atomic mass is 32.1. The van der Waals surface area contributed by atoms with Crippen LogP contribution in [0.1, 0.15) is 18.4 Å². The number of benzene rings is 1. The number of anilines is 1. The Morgan fingerprint density at radius 2 is 2.12 bits per heavy atom. The Kier molecular flexibility index (Phi) is 5.06. The first-order valence-corrected chi connectivity index (χ1v) is 8.14. The third kappa shape index (κ3) is 4.10. The summed E-state index contributed by atoms with van der Waals surface area (Å²) < 4.78 is 6.98. The van der Waals surface area contributed by atoms with Crippen molar-refractivity contribution in [2.24, 2.45) is 0 Å². The smallest absolute Gasteiger partial charge is 0.264 e. The van der Waals surface area contributed by atoms with Crippen LogP contribution >= 0.6 is 11.3 Å². The van der Waals surface area contributed by atoms with Crippen molar-refractivity contribution in [3.63, 3.8) is 0 Å². The third-order valence-corrected chi connectivity index (χ3v) is 3.90. The number of aryl methyl sites for hydroxylation is 1. The lowest BCUT2D eigenvalue weighted by Gasteiger charge is -2.06. The van der Waals surface area contributed by atoms with Crippen molar-refractivity contribution >= 4 is 22.4 Å². The monoisotopic (exact) mass is 345 g/mol. The van der Waals surface area contributed by atoms with Crippen LogP contribution in [0.4, 0.5) is 5.13 Å². The summed E-state index contributed by atoms with van der Waals surface area (Å²) in [5.74, 6) is 0.296. The molecule has 9 nitrogen and oxygen atoms in total. The maximum Gasteiger partial charge on any atom is 0.264 e. The zero-order chi connectivity index (χ0) is 16.8. The van der Waals surface area contributed by atoms with Gasteiger partial charge in [-0.2, -0.15) is 0 Å². The first-order valence-electron chi connectivity index (χ1n) is 7.33. The summed E-state index contributed by atoms with van der Waals surface area (Å²) in [5.41, 5.74) is 0.800. The third-order valence-electron chi connectivity index (χ3n) is 3.00. The van der Waals surface area contributed by atoms with Crippen molar-refractivity contribution < 1.29 is 9.53 Å². The Morgan fingerprint density at radius 3 is 2.83 bits per heavy atom. The Balaban J connectivity index is 1.50. The number of nitrogens with zero attached hydrogens (tertiary/aromatic N) is 6. The molecule has 10 heteroatoms. The van der Waals surface area contributed by atoms with Crippen molar-refractivity contribution in [2.75, 3.05) is 11.9 Å². The Morgan fingerprint density at radius 1 is 1.29 bits per heavy atom. The predicted molar refractivity (Wildman–Crippen MR) is 87.2 cm³/mol. The van der Waals surface area contributed by atoms with Gasteiger partial charge in [0.1, 0.15) is 17.1 Å². The first-order chi connectivity index (χ1) is 11.7. The molecule has 0 aliphatic rings. The van der Waals surface area contributed by atoms with E-state index in [-0.39, 0.29) is 12.5 Å². The second-order valence-electron chi connectivity index (χ2n) is 4.84. The molecule has 0 aliphatic heterocycles. The zero-order valence-electron chi connectivity index (χ0n) is 12.9. The van der Waals surface area contributed by atoms with E-state index < -0.39 is 0 Å². The molecule has 3 rings (SSSR count). The van der Waals surface area contributed by atoms with Crippen LogP contribution in [-0.2, 0) is 11.2 Å². The van der Waals surface area contributed by atoms with Crippen molar-refractivity contribution in [1.29, 1.82) is 0 Å². The van der Waals surface area contributed by atoms with Gasteiger partial charge in [-0.05, 0) is 41.1 Å². The molecule has 2 heterocycles. The summed E-state index contributed by atoms with van der Waals surface area (Å²) in [7, 11) is 0. The number of tetrazole rings is 1. The van der Waals surface area contributed by atoms with E-state index in [4.69, 9.17) is 4.74 Å². The van der Waals surface area contributed by atoms with Crippen LogP contribution in [0.15, 0.2) is 30.6 Å². The molecule has 0 aliphatic carbocycles. The molecule has 0 fully saturated rings. The van der Waals surface area contributed by atoms with Crippen molar-refractivity contribution in [3.8, 4) is 11.4 Å². The fourth-order valence-electron chi connectivity index (χ4n) is 1.90. The lowest BCUT2D eigenvalue weighted by atomic mass is 10.3. The van der Waals surface area contributed by atoms with Gasteiger partial charge in [0, 0.05) is 6.42 Å². The van der Waals surface area contributed by atoms with E-state index in [9.17, 15) is 4.79 Å². The topological polar surface area (TPSA) is 108 Å². The largest absolute Gasteiger partial charge is 0.484 e. The van der Waals surface area contributed by atoms with Crippen molar-refractivity contribution in [3.05, 3.63) is 35.6 Å². The van der Waals surface area contributed by atoms with E-state index in [0.717, 1.165) is 23.5 Å². The van der Waals surface area contributed by atoms with Gasteiger partial charge in [0.2, 0.25) is 5.13 Å². The number of amides is 1. The lowest BCUT2D eigenvalue weighted by molar-refractivity contribution is -0.118. The van der Waals surface area contributed by atoms with Gasteiger partial charge in [-0.15, -0.1) is 15.3 Å². The van der Waals surface area contributed by atoms with Gasteiger partial charge >= 0.3 is 0 Å². The molecule has 124 valence electrons. The van der Waals surface area contributed by atoms with E-state index in [2.05, 4.69) is 38.0 Å². The second kappa shape index (κ2) is 7.59. The van der Waals surface area contributed by atoms with Crippen molar-refractivity contribution in [1.82, 2.24) is 30.4 Å². The Bertz CT molecular complexity index is 786. The van der Waals surface area contributed by atoms with Gasteiger partial charge < -0.3 is 4.74 Å². The van der Waals surface area contributed by atoms with Crippen LogP contribution in [0.5, 0.6) is 5.75 Å². The minimum atomic E-state index is -0.279. The van der Waals surface area contributed by atoms with E-state index in [1.54, 1.807) is 24.3 Å². The molecule has 0 atom stereocenters. The van der Waals surface area contributed by atoms with Gasteiger partial charge in [-0.1, -0.05) is 18.3 Å². The van der Waals surface area contributed by atoms with Crippen LogP contribution in [0.25, 0.3) is 5.69 Å². The van der Waals surface area contributed by atoms with Crippen molar-refractivity contribution in [2.45, 2.75) is 19.8 Å². The molecule has 2 aromatic heterocycles. The van der Waals surface area contributed by atoms with E-state index >= 15 is 0 Å². The van der Waals surface area contributed by atoms with Gasteiger partial charge in [0.15, 0.2) is 6.61 Å². The second-order valence-corrected chi connectivity index (χ2v) is 5.90. The van der Waals surface area contributed by atoms with Crippen LogP contribution in [0.3, 0.4) is 0 Å². The zero-order valence-corrected chi connectivity index (χ0v) is 13.7. The molecule has 3 aromatic rings. The van der Waals surface area contributed by atoms with E-state index in [1.165, 1.54) is 22.3 Å². The number of carbonyl (C=O) groups is 1. The highest BCUT2D eigenvalue weighted by Crippen LogP contribution is 2.17. The molecule has 0 saturated heterocycles. The Labute approximate surface area is 141 Å². The number of rotatable bonds is 7. The van der Waals surface area contributed by atoms with Crippen LogP contribution in [-0.4, -0.2) is 42.9 Å². The van der Waals surface area contributed by atoms with Gasteiger partial charge in [0.05, 0.1) is 5.69 Å². The highest BCUT2D eigenvalue weighted by Gasteiger charge is 2.09. The van der Waals surface area contributed by atoms with Crippen LogP contribution < -0.4 is 10.1 Å². The minimum Gasteiger partial charge on any atom is -0.484 e. The Hall–Kier alpha value is -2.88. The van der Waals surface area contributed by atoms with Crippen LogP contribution in [0.2, 0.25) is 0 Å². The number of hydrogen-bond donors (Lipinski definition) is 1. The summed E-state index contributed by atoms with van der Waals surface area (Å²) in [5, 5.41) is 22.9. The molecule has 0 saturated carbocycles. The normalized spacial score (nSPS) is 10.5. The quantitative estimate of drug-likeness (QED) is 0.691. The summed E-state index contributed by atoms with van der Waals surface area (Å²) in [6, 6.07) is 7.08. The predicted octanol–water partition coefficient (Wildman–Crippen LogP) is 1.48. The summed E-state index contributed by atoms with van der Waals surface area (Å²) in [6.07, 6.45) is 3.35. The van der Waals surface area contributed by atoms with Crippen LogP contribution in [0, 0.1) is 0 Å². The van der Waals surface area contributed by atoms with E-state index in [1.807, 2.05) is 0 Å². The average molecular weight is 345 g/mol. The number of nitrogens with one attached hydrogen (secondary N) is 1. The standard InChI is InChI=1S/C14H15N7O2S/c1-2-3-13-17-18-14(24-13)16-12(22)8-23-11-6-4-10(5-7-11)21-9-15-19-20-21/h4-7,9H,2-3,8H2,1H3,(H,16,18,22). The number of ether oxygens (including phenoxy) is 1. The maximum atomic E-state index is 11.9. The molecule has 0 spiro atoms. The minimum absolute atomic E-state index is 0.104. The molecular weight excluding hydrogens is 330 g/mol. The number of aromatic nitrogens is 6. The molecule has 1 N–H and O–H groups in total. The van der Waals surface area contributed by atoms with Gasteiger partial charge in [-0.3, -0.25) is 10.1 Å². The molecule has 24 heavy (non-hydrogen) atoms. The molecular formula is C14H15N7O2S. The number of hydrogen-bond acceptors (Lipinski definition) is 8. The lowest BCUT2D eigenvalue weighted by Crippen LogP contribution is -2.20. The highest BCUT2D eigenvalue weighted by molar-refractivity contribution is 7.15. The average Bonchev–Trinajstić information content (AvgIpc) is 3.26.